The number of hydrogen-bond acceptors (Lipinski definition) is 2. The van der Waals surface area contributed by atoms with E-state index >= 15 is 0 Å². The van der Waals surface area contributed by atoms with Crippen LogP contribution in [0.25, 0.3) is 65.3 Å². The van der Waals surface area contributed by atoms with Crippen molar-refractivity contribution in [2.24, 2.45) is 5.92 Å². The van der Waals surface area contributed by atoms with E-state index in [0.717, 1.165) is 24.0 Å². The minimum atomic E-state index is -0.149. The Balaban J connectivity index is 1.19. The Labute approximate surface area is 297 Å². The molecule has 1 aliphatic carbocycles. The molecule has 11 rings (SSSR count). The van der Waals surface area contributed by atoms with Crippen molar-refractivity contribution in [3.05, 3.63) is 157 Å². The van der Waals surface area contributed by atoms with Crippen LogP contribution in [0.5, 0.6) is 0 Å². The van der Waals surface area contributed by atoms with Crippen molar-refractivity contribution in [2.45, 2.75) is 44.6 Å². The maximum atomic E-state index is 6.73. The Morgan fingerprint density at radius 3 is 1.92 bits per heavy atom. The fourth-order valence-corrected chi connectivity index (χ4v) is 10.2. The Bertz CT molecular complexity index is 2850. The second-order valence-electron chi connectivity index (χ2n) is 15.5. The minimum absolute atomic E-state index is 0.132. The minimum Gasteiger partial charge on any atom is -0.455 e. The smallest absolute Gasteiger partial charge is 0.145 e. The van der Waals surface area contributed by atoms with Gasteiger partial charge in [0.25, 0.3) is 0 Å². The number of rotatable bonds is 3. The van der Waals surface area contributed by atoms with E-state index < -0.39 is 0 Å². The molecule has 51 heavy (non-hydrogen) atoms. The third-order valence-electron chi connectivity index (χ3n) is 12.6. The van der Waals surface area contributed by atoms with Crippen LogP contribution in [0.15, 0.2) is 156 Å². The molecule has 0 radical (unpaired) electrons. The fraction of sp³-hybridized carbons (Fsp3) is 0.167. The summed E-state index contributed by atoms with van der Waals surface area (Å²) in [5.41, 5.74) is 9.55. The molecule has 246 valence electrons. The molecule has 0 N–H and O–H groups in total. The van der Waals surface area contributed by atoms with Crippen LogP contribution in [0.2, 0.25) is 0 Å². The van der Waals surface area contributed by atoms with Gasteiger partial charge in [0.2, 0.25) is 0 Å². The molecule has 0 saturated heterocycles. The van der Waals surface area contributed by atoms with Crippen LogP contribution in [0.3, 0.4) is 0 Å². The summed E-state index contributed by atoms with van der Waals surface area (Å²) in [4.78, 5) is 2.59. The zero-order valence-electron chi connectivity index (χ0n) is 29.2. The van der Waals surface area contributed by atoms with Crippen molar-refractivity contribution in [2.75, 3.05) is 4.90 Å². The number of furan rings is 1. The standard InChI is InChI=1S/C48H38N2O/c1-47(2)38-29-37-35-20-9-11-25-42(35)51-46(37)44-36-21-8-10-22-41(36)50(45(38)44)48(3)27-26-32(28-43(47)48)49(39-23-12-16-30-14-4-6-18-33(30)39)40-24-13-17-31-15-5-7-19-34(31)40/h4-26,29,43H,27-28H2,1-3H3. The van der Waals surface area contributed by atoms with Gasteiger partial charge in [0.05, 0.1) is 22.3 Å². The number of anilines is 2. The van der Waals surface area contributed by atoms with Crippen LogP contribution in [0.1, 0.15) is 39.2 Å². The molecule has 3 nitrogen and oxygen atoms in total. The second kappa shape index (κ2) is 10.1. The van der Waals surface area contributed by atoms with Gasteiger partial charge in [-0.1, -0.05) is 129 Å². The Morgan fingerprint density at radius 1 is 0.627 bits per heavy atom. The molecule has 3 heterocycles. The molecule has 0 amide bonds. The van der Waals surface area contributed by atoms with Gasteiger partial charge in [-0.05, 0) is 77.8 Å². The second-order valence-corrected chi connectivity index (χ2v) is 15.5. The fourth-order valence-electron chi connectivity index (χ4n) is 10.2. The molecule has 2 atom stereocenters. The van der Waals surface area contributed by atoms with Crippen LogP contribution in [-0.4, -0.2) is 4.57 Å². The first kappa shape index (κ1) is 29.0. The predicted octanol–water partition coefficient (Wildman–Crippen LogP) is 13.1. The first-order chi connectivity index (χ1) is 24.9. The van der Waals surface area contributed by atoms with Crippen LogP contribution in [0, 0.1) is 5.92 Å². The van der Waals surface area contributed by atoms with Crippen molar-refractivity contribution in [3.8, 4) is 0 Å². The van der Waals surface area contributed by atoms with E-state index in [-0.39, 0.29) is 11.0 Å². The maximum absolute atomic E-state index is 6.73. The number of allylic oxidation sites excluding steroid dienone is 2. The first-order valence-corrected chi connectivity index (χ1v) is 18.3. The molecular weight excluding hydrogens is 621 g/mol. The summed E-state index contributed by atoms with van der Waals surface area (Å²) < 4.78 is 9.44. The summed E-state index contributed by atoms with van der Waals surface area (Å²) in [6, 6.07) is 51.2. The SMILES string of the molecule is CC1(C)c2cc3c4ccccc4oc3c3c4ccccc4n(c23)C2(C)CC=C(N(c3cccc4ccccc34)c3cccc4ccccc34)CC12. The summed E-state index contributed by atoms with van der Waals surface area (Å²) in [6.45, 7) is 7.52. The molecule has 9 aromatic rings. The third kappa shape index (κ3) is 3.79. The van der Waals surface area contributed by atoms with E-state index in [2.05, 4.69) is 176 Å². The number of para-hydroxylation sites is 2. The van der Waals surface area contributed by atoms with Gasteiger partial charge in [0.15, 0.2) is 0 Å². The molecule has 2 aromatic heterocycles. The van der Waals surface area contributed by atoms with E-state index in [1.807, 2.05) is 0 Å². The lowest BCUT2D eigenvalue weighted by atomic mass is 9.58. The largest absolute Gasteiger partial charge is 0.455 e. The number of fused-ring (bicyclic) bond motifs is 11. The summed E-state index contributed by atoms with van der Waals surface area (Å²) in [6.07, 6.45) is 4.42. The molecule has 0 spiro atoms. The zero-order chi connectivity index (χ0) is 34.1. The van der Waals surface area contributed by atoms with Crippen molar-refractivity contribution in [3.63, 3.8) is 0 Å². The number of nitrogens with zero attached hydrogens (tertiary/aromatic N) is 2. The van der Waals surface area contributed by atoms with Crippen LogP contribution in [0.4, 0.5) is 11.4 Å². The first-order valence-electron chi connectivity index (χ1n) is 18.3. The lowest BCUT2D eigenvalue weighted by Crippen LogP contribution is -2.52. The Kier molecular flexibility index (Phi) is 5.76. The van der Waals surface area contributed by atoms with Crippen LogP contribution >= 0.6 is 0 Å². The summed E-state index contributed by atoms with van der Waals surface area (Å²) in [7, 11) is 0. The third-order valence-corrected chi connectivity index (χ3v) is 12.6. The summed E-state index contributed by atoms with van der Waals surface area (Å²) in [5, 5.41) is 9.98. The number of benzene rings is 7. The molecule has 0 fully saturated rings. The molecule has 1 aliphatic heterocycles. The van der Waals surface area contributed by atoms with Gasteiger partial charge >= 0.3 is 0 Å². The van der Waals surface area contributed by atoms with Gasteiger partial charge in [0.1, 0.15) is 11.2 Å². The number of hydrogen-bond donors (Lipinski definition) is 0. The average molecular weight is 659 g/mol. The topological polar surface area (TPSA) is 21.3 Å². The van der Waals surface area contributed by atoms with Crippen molar-refractivity contribution >= 4 is 76.7 Å². The molecule has 3 heteroatoms. The van der Waals surface area contributed by atoms with Crippen LogP contribution in [-0.2, 0) is 11.0 Å². The highest BCUT2D eigenvalue weighted by Gasteiger charge is 2.53. The highest BCUT2D eigenvalue weighted by atomic mass is 16.3. The van der Waals surface area contributed by atoms with Gasteiger partial charge < -0.3 is 13.9 Å². The Hall–Kier alpha value is -5.80. The van der Waals surface area contributed by atoms with E-state index in [4.69, 9.17) is 4.42 Å². The molecule has 0 bridgehead atoms. The van der Waals surface area contributed by atoms with Crippen LogP contribution < -0.4 is 4.90 Å². The van der Waals surface area contributed by atoms with E-state index in [0.29, 0.717) is 5.92 Å². The summed E-state index contributed by atoms with van der Waals surface area (Å²) >= 11 is 0. The normalized spacial score (nSPS) is 19.7. The van der Waals surface area contributed by atoms with Crippen molar-refractivity contribution < 1.29 is 4.42 Å². The molecule has 7 aromatic carbocycles. The highest BCUT2D eigenvalue weighted by Crippen LogP contribution is 2.59. The number of aromatic nitrogens is 1. The quantitative estimate of drug-likeness (QED) is 0.188. The zero-order valence-corrected chi connectivity index (χ0v) is 29.2. The van der Waals surface area contributed by atoms with Gasteiger partial charge in [-0.15, -0.1) is 0 Å². The highest BCUT2D eigenvalue weighted by molar-refractivity contribution is 6.24. The summed E-state index contributed by atoms with van der Waals surface area (Å²) in [5.74, 6) is 0.319. The lowest BCUT2D eigenvalue weighted by Gasteiger charge is -2.55. The molecule has 0 saturated carbocycles. The van der Waals surface area contributed by atoms with E-state index in [1.54, 1.807) is 0 Å². The van der Waals surface area contributed by atoms with Crippen molar-refractivity contribution in [1.82, 2.24) is 4.57 Å². The predicted molar refractivity (Wildman–Crippen MR) is 214 cm³/mol. The van der Waals surface area contributed by atoms with Crippen molar-refractivity contribution in [1.29, 1.82) is 0 Å². The van der Waals surface area contributed by atoms with Gasteiger partial charge in [-0.2, -0.15) is 0 Å². The lowest BCUT2D eigenvalue weighted by molar-refractivity contribution is 0.105. The van der Waals surface area contributed by atoms with Gasteiger partial charge in [0, 0.05) is 43.7 Å². The molecule has 2 unspecified atom stereocenters. The average Bonchev–Trinajstić information content (AvgIpc) is 3.71. The van der Waals surface area contributed by atoms with Gasteiger partial charge in [-0.25, -0.2) is 0 Å². The monoisotopic (exact) mass is 658 g/mol. The molecular formula is C48H38N2O. The van der Waals surface area contributed by atoms with E-state index in [1.165, 1.54) is 76.8 Å². The maximum Gasteiger partial charge on any atom is 0.145 e. The van der Waals surface area contributed by atoms with E-state index in [9.17, 15) is 0 Å². The molecule has 2 aliphatic rings. The Morgan fingerprint density at radius 2 is 1.22 bits per heavy atom. The van der Waals surface area contributed by atoms with Gasteiger partial charge in [-0.3, -0.25) is 0 Å².